The van der Waals surface area contributed by atoms with E-state index in [0.717, 1.165) is 10.2 Å². The van der Waals surface area contributed by atoms with Gasteiger partial charge in [-0.05, 0) is 18.2 Å². The molecule has 1 aliphatic heterocycles. The largest absolute Gasteiger partial charge is 0.481 e. The predicted octanol–water partition coefficient (Wildman–Crippen LogP) is 1.74. The van der Waals surface area contributed by atoms with Gasteiger partial charge in [-0.3, -0.25) is 9.59 Å². The third-order valence-corrected chi connectivity index (χ3v) is 4.01. The third kappa shape index (κ3) is 1.57. The van der Waals surface area contributed by atoms with E-state index in [9.17, 15) is 9.59 Å². The van der Waals surface area contributed by atoms with Crippen LogP contribution in [-0.4, -0.2) is 23.5 Å². The number of amides is 1. The predicted molar refractivity (Wildman–Crippen MR) is 64.6 cm³/mol. The van der Waals surface area contributed by atoms with Crippen LogP contribution in [0, 0.1) is 17.8 Å². The normalized spacial score (nSPS) is 30.3. The highest BCUT2D eigenvalue weighted by Crippen LogP contribution is 2.53. The maximum atomic E-state index is 12.0. The molecule has 1 aliphatic carbocycles. The molecule has 88 valence electrons. The number of piperidine rings is 1. The van der Waals surface area contributed by atoms with E-state index in [1.54, 1.807) is 4.90 Å². The summed E-state index contributed by atoms with van der Waals surface area (Å²) in [6.07, 6.45) is 0. The first kappa shape index (κ1) is 10.8. The van der Waals surface area contributed by atoms with Crippen LogP contribution >= 0.6 is 15.9 Å². The molecule has 17 heavy (non-hydrogen) atoms. The van der Waals surface area contributed by atoms with E-state index in [1.165, 1.54) is 0 Å². The zero-order valence-corrected chi connectivity index (χ0v) is 10.4. The first-order chi connectivity index (χ1) is 8.09. The molecule has 0 spiro atoms. The van der Waals surface area contributed by atoms with Crippen LogP contribution in [0.15, 0.2) is 28.7 Å². The quantitative estimate of drug-likeness (QED) is 0.904. The van der Waals surface area contributed by atoms with Gasteiger partial charge in [0.25, 0.3) is 0 Å². The first-order valence-corrected chi connectivity index (χ1v) is 6.18. The fourth-order valence-electron chi connectivity index (χ4n) is 2.63. The van der Waals surface area contributed by atoms with Gasteiger partial charge >= 0.3 is 5.97 Å². The van der Waals surface area contributed by atoms with Crippen LogP contribution in [0.2, 0.25) is 0 Å². The number of carboxylic acids is 1. The van der Waals surface area contributed by atoms with Crippen molar-refractivity contribution in [2.24, 2.45) is 17.8 Å². The Labute approximate surface area is 106 Å². The SMILES string of the molecule is O=C(O)C1C2CN(c3cccc(Br)c3)C(=O)C21. The van der Waals surface area contributed by atoms with Crippen molar-refractivity contribution in [3.05, 3.63) is 28.7 Å². The van der Waals surface area contributed by atoms with Crippen molar-refractivity contribution in [2.45, 2.75) is 0 Å². The summed E-state index contributed by atoms with van der Waals surface area (Å²) < 4.78 is 0.915. The molecule has 5 heteroatoms. The van der Waals surface area contributed by atoms with Crippen LogP contribution in [0.4, 0.5) is 5.69 Å². The summed E-state index contributed by atoms with van der Waals surface area (Å²) in [7, 11) is 0. The van der Waals surface area contributed by atoms with E-state index in [1.807, 2.05) is 24.3 Å². The Hall–Kier alpha value is -1.36. The van der Waals surface area contributed by atoms with Gasteiger partial charge in [0.05, 0.1) is 11.8 Å². The maximum Gasteiger partial charge on any atom is 0.307 e. The Morgan fingerprint density at radius 1 is 1.47 bits per heavy atom. The van der Waals surface area contributed by atoms with Crippen LogP contribution in [0.5, 0.6) is 0 Å². The minimum Gasteiger partial charge on any atom is -0.481 e. The number of halogens is 1. The highest BCUT2D eigenvalue weighted by molar-refractivity contribution is 9.10. The van der Waals surface area contributed by atoms with Crippen molar-refractivity contribution in [3.8, 4) is 0 Å². The van der Waals surface area contributed by atoms with E-state index >= 15 is 0 Å². The van der Waals surface area contributed by atoms with Gasteiger partial charge in [-0.1, -0.05) is 22.0 Å². The van der Waals surface area contributed by atoms with Crippen molar-refractivity contribution in [1.82, 2.24) is 0 Å². The summed E-state index contributed by atoms with van der Waals surface area (Å²) in [5.74, 6) is -1.65. The van der Waals surface area contributed by atoms with Crippen molar-refractivity contribution >= 4 is 33.5 Å². The first-order valence-electron chi connectivity index (χ1n) is 5.39. The van der Waals surface area contributed by atoms with E-state index < -0.39 is 11.9 Å². The fourth-order valence-corrected chi connectivity index (χ4v) is 3.02. The second-order valence-corrected chi connectivity index (χ2v) is 5.40. The Morgan fingerprint density at radius 3 is 2.76 bits per heavy atom. The standard InChI is InChI=1S/C12H10BrNO3/c13-6-2-1-3-7(4-6)14-5-8-9(11(14)15)10(8)12(16)17/h1-4,8-10H,5H2,(H,16,17). The fraction of sp³-hybridized carbons (Fsp3) is 0.333. The molecule has 2 aliphatic rings. The minimum absolute atomic E-state index is 0.000943. The summed E-state index contributed by atoms with van der Waals surface area (Å²) in [5, 5.41) is 8.90. The second kappa shape index (κ2) is 3.57. The molecule has 0 aromatic heterocycles. The van der Waals surface area contributed by atoms with Gasteiger partial charge < -0.3 is 10.0 Å². The van der Waals surface area contributed by atoms with Gasteiger partial charge in [0, 0.05) is 22.6 Å². The van der Waals surface area contributed by atoms with Gasteiger partial charge in [-0.2, -0.15) is 0 Å². The lowest BCUT2D eigenvalue weighted by atomic mass is 10.2. The average molecular weight is 296 g/mol. The molecule has 1 aromatic rings. The molecule has 1 aromatic carbocycles. The molecule has 0 radical (unpaired) electrons. The van der Waals surface area contributed by atoms with Crippen molar-refractivity contribution in [2.75, 3.05) is 11.4 Å². The lowest BCUT2D eigenvalue weighted by Crippen LogP contribution is -2.31. The molecule has 0 bridgehead atoms. The van der Waals surface area contributed by atoms with Gasteiger partial charge in [0.1, 0.15) is 0 Å². The number of nitrogens with zero attached hydrogens (tertiary/aromatic N) is 1. The molecule has 1 saturated heterocycles. The van der Waals surface area contributed by atoms with Crippen LogP contribution in [0.25, 0.3) is 0 Å². The van der Waals surface area contributed by atoms with Gasteiger partial charge in [0.15, 0.2) is 0 Å². The molecule has 1 N–H and O–H groups in total. The molecule has 3 unspecified atom stereocenters. The lowest BCUT2D eigenvalue weighted by molar-refractivity contribution is -0.140. The average Bonchev–Trinajstić information content (AvgIpc) is 2.90. The smallest absolute Gasteiger partial charge is 0.307 e. The molecular weight excluding hydrogens is 286 g/mol. The van der Waals surface area contributed by atoms with Crippen LogP contribution in [0.3, 0.4) is 0 Å². The van der Waals surface area contributed by atoms with E-state index in [0.29, 0.717) is 6.54 Å². The van der Waals surface area contributed by atoms with E-state index in [-0.39, 0.29) is 17.7 Å². The zero-order valence-electron chi connectivity index (χ0n) is 8.84. The number of hydrogen-bond donors (Lipinski definition) is 1. The summed E-state index contributed by atoms with van der Waals surface area (Å²) in [6, 6.07) is 7.50. The molecule has 3 atom stereocenters. The minimum atomic E-state index is -0.845. The van der Waals surface area contributed by atoms with Crippen LogP contribution < -0.4 is 4.90 Å². The highest BCUT2D eigenvalue weighted by Gasteiger charge is 2.65. The number of fused-ring (bicyclic) bond motifs is 1. The van der Waals surface area contributed by atoms with Crippen LogP contribution in [-0.2, 0) is 9.59 Å². The van der Waals surface area contributed by atoms with E-state index in [2.05, 4.69) is 15.9 Å². The lowest BCUT2D eigenvalue weighted by Gasteiger charge is -2.19. The summed E-state index contributed by atoms with van der Waals surface area (Å²) in [6.45, 7) is 0.525. The Bertz CT molecular complexity index is 516. The number of carbonyl (C=O) groups excluding carboxylic acids is 1. The zero-order chi connectivity index (χ0) is 12.2. The van der Waals surface area contributed by atoms with Gasteiger partial charge in [0.2, 0.25) is 5.91 Å². The molecular formula is C12H10BrNO3. The number of benzene rings is 1. The number of carbonyl (C=O) groups is 2. The Kier molecular flexibility index (Phi) is 2.26. The molecule has 1 amide bonds. The second-order valence-electron chi connectivity index (χ2n) is 4.48. The monoisotopic (exact) mass is 295 g/mol. The Balaban J connectivity index is 1.82. The summed E-state index contributed by atoms with van der Waals surface area (Å²) in [5.41, 5.74) is 0.834. The molecule has 4 nitrogen and oxygen atoms in total. The van der Waals surface area contributed by atoms with Crippen molar-refractivity contribution in [3.63, 3.8) is 0 Å². The third-order valence-electron chi connectivity index (χ3n) is 3.52. The van der Waals surface area contributed by atoms with Crippen molar-refractivity contribution in [1.29, 1.82) is 0 Å². The number of aliphatic carboxylic acids is 1. The summed E-state index contributed by atoms with van der Waals surface area (Å²) >= 11 is 3.36. The van der Waals surface area contributed by atoms with E-state index in [4.69, 9.17) is 5.11 Å². The summed E-state index contributed by atoms with van der Waals surface area (Å²) in [4.78, 5) is 24.5. The Morgan fingerprint density at radius 2 is 2.24 bits per heavy atom. The number of anilines is 1. The molecule has 2 fully saturated rings. The van der Waals surface area contributed by atoms with Crippen LogP contribution in [0.1, 0.15) is 0 Å². The highest BCUT2D eigenvalue weighted by atomic mass is 79.9. The number of rotatable bonds is 2. The maximum absolute atomic E-state index is 12.0. The van der Waals surface area contributed by atoms with Crippen molar-refractivity contribution < 1.29 is 14.7 Å². The number of carboxylic acid groups (broad SMARTS) is 1. The number of hydrogen-bond acceptors (Lipinski definition) is 2. The molecule has 1 saturated carbocycles. The molecule has 3 rings (SSSR count). The van der Waals surface area contributed by atoms with Gasteiger partial charge in [-0.15, -0.1) is 0 Å². The molecule has 1 heterocycles. The van der Waals surface area contributed by atoms with Gasteiger partial charge in [-0.25, -0.2) is 0 Å². The topological polar surface area (TPSA) is 57.6 Å².